The third-order valence-corrected chi connectivity index (χ3v) is 3.89. The van der Waals surface area contributed by atoms with Crippen molar-refractivity contribution in [1.82, 2.24) is 4.90 Å². The van der Waals surface area contributed by atoms with Crippen LogP contribution in [0.25, 0.3) is 0 Å². The van der Waals surface area contributed by atoms with E-state index in [0.717, 1.165) is 4.47 Å². The highest BCUT2D eigenvalue weighted by Gasteiger charge is 2.33. The highest BCUT2D eigenvalue weighted by Crippen LogP contribution is 2.28. The van der Waals surface area contributed by atoms with Gasteiger partial charge in [-0.2, -0.15) is 0 Å². The molecule has 2 rings (SSSR count). The van der Waals surface area contributed by atoms with E-state index in [-0.39, 0.29) is 12.5 Å². The molecule has 0 radical (unpaired) electrons. The normalized spacial score (nSPS) is 18.1. The van der Waals surface area contributed by atoms with Crippen LogP contribution in [0.3, 0.4) is 0 Å². The van der Waals surface area contributed by atoms with Gasteiger partial charge in [0.15, 0.2) is 6.61 Å². The second kappa shape index (κ2) is 6.45. The number of hydrogen-bond donors (Lipinski definition) is 1. The fourth-order valence-electron chi connectivity index (χ4n) is 2.14. The zero-order chi connectivity index (χ0) is 14.7. The van der Waals surface area contributed by atoms with E-state index >= 15 is 0 Å². The van der Waals surface area contributed by atoms with Gasteiger partial charge < -0.3 is 14.7 Å². The fourth-order valence-corrected chi connectivity index (χ4v) is 2.86. The third kappa shape index (κ3) is 3.43. The number of amides is 1. The van der Waals surface area contributed by atoms with E-state index in [0.29, 0.717) is 30.2 Å². The Morgan fingerprint density at radius 1 is 1.50 bits per heavy atom. The molecule has 0 spiro atoms. The van der Waals surface area contributed by atoms with Crippen LogP contribution in [-0.2, 0) is 9.59 Å². The Labute approximate surface area is 129 Å². The topological polar surface area (TPSA) is 66.8 Å². The lowest BCUT2D eigenvalue weighted by Crippen LogP contribution is -2.42. The number of likely N-dealkylation sites (tertiary alicyclic amines) is 1. The molecule has 1 unspecified atom stereocenters. The van der Waals surface area contributed by atoms with E-state index in [1.54, 1.807) is 18.2 Å². The number of nitrogens with zero attached hydrogens (tertiary/aromatic N) is 1. The first kappa shape index (κ1) is 15.1. The fraction of sp³-hybridized carbons (Fsp3) is 0.385. The summed E-state index contributed by atoms with van der Waals surface area (Å²) in [6, 6.07) is 4.32. The molecule has 1 aromatic carbocycles. The van der Waals surface area contributed by atoms with Crippen molar-refractivity contribution in [3.63, 3.8) is 0 Å². The summed E-state index contributed by atoms with van der Waals surface area (Å²) in [5.74, 6) is -0.916. The molecule has 108 valence electrons. The van der Waals surface area contributed by atoms with Crippen molar-refractivity contribution in [2.45, 2.75) is 18.9 Å². The molecule has 1 aliphatic heterocycles. The van der Waals surface area contributed by atoms with Crippen molar-refractivity contribution in [3.05, 3.63) is 27.7 Å². The summed E-state index contributed by atoms with van der Waals surface area (Å²) < 4.78 is 6.17. The van der Waals surface area contributed by atoms with Crippen LogP contribution in [0.2, 0.25) is 5.02 Å². The molecule has 1 fully saturated rings. The molecular formula is C13H13BrClNO4. The summed E-state index contributed by atoms with van der Waals surface area (Å²) in [6.45, 7) is 0.234. The van der Waals surface area contributed by atoms with E-state index in [1.807, 2.05) is 0 Å². The van der Waals surface area contributed by atoms with Crippen molar-refractivity contribution in [2.75, 3.05) is 13.2 Å². The van der Waals surface area contributed by atoms with Crippen molar-refractivity contribution in [3.8, 4) is 5.75 Å². The van der Waals surface area contributed by atoms with E-state index in [9.17, 15) is 9.59 Å². The van der Waals surface area contributed by atoms with Gasteiger partial charge in [-0.15, -0.1) is 0 Å². The van der Waals surface area contributed by atoms with E-state index in [2.05, 4.69) is 15.9 Å². The smallest absolute Gasteiger partial charge is 0.326 e. The first-order valence-corrected chi connectivity index (χ1v) is 7.26. The summed E-state index contributed by atoms with van der Waals surface area (Å²) in [7, 11) is 0. The van der Waals surface area contributed by atoms with Crippen LogP contribution >= 0.6 is 27.5 Å². The average molecular weight is 363 g/mol. The Balaban J connectivity index is 1.96. The van der Waals surface area contributed by atoms with Gasteiger partial charge in [-0.3, -0.25) is 4.79 Å². The van der Waals surface area contributed by atoms with Crippen molar-refractivity contribution in [1.29, 1.82) is 0 Å². The molecule has 1 aromatic rings. The molecule has 1 N–H and O–H groups in total. The Morgan fingerprint density at radius 2 is 2.25 bits per heavy atom. The van der Waals surface area contributed by atoms with Gasteiger partial charge in [0.05, 0.1) is 5.02 Å². The highest BCUT2D eigenvalue weighted by molar-refractivity contribution is 9.10. The molecule has 7 heteroatoms. The lowest BCUT2D eigenvalue weighted by atomic mass is 10.2. The zero-order valence-electron chi connectivity index (χ0n) is 10.5. The minimum Gasteiger partial charge on any atom is -0.482 e. The number of carboxylic acids is 1. The molecular weight excluding hydrogens is 350 g/mol. The molecule has 0 aliphatic carbocycles. The third-order valence-electron chi connectivity index (χ3n) is 3.10. The van der Waals surface area contributed by atoms with Crippen LogP contribution in [0.1, 0.15) is 12.8 Å². The zero-order valence-corrected chi connectivity index (χ0v) is 12.9. The van der Waals surface area contributed by atoms with E-state index in [4.69, 9.17) is 21.4 Å². The number of hydrogen-bond acceptors (Lipinski definition) is 3. The Hall–Kier alpha value is -1.27. The van der Waals surface area contributed by atoms with Crippen molar-refractivity contribution < 1.29 is 19.4 Å². The van der Waals surface area contributed by atoms with Gasteiger partial charge >= 0.3 is 5.97 Å². The molecule has 0 saturated carbocycles. The molecule has 1 amide bonds. The van der Waals surface area contributed by atoms with Crippen molar-refractivity contribution >= 4 is 39.4 Å². The summed E-state index contributed by atoms with van der Waals surface area (Å²) >= 11 is 9.25. The van der Waals surface area contributed by atoms with Crippen LogP contribution in [-0.4, -0.2) is 41.1 Å². The van der Waals surface area contributed by atoms with Crippen LogP contribution < -0.4 is 4.74 Å². The maximum atomic E-state index is 12.0. The number of carbonyl (C=O) groups excluding carboxylic acids is 1. The number of rotatable bonds is 4. The molecule has 1 saturated heterocycles. The number of carboxylic acid groups (broad SMARTS) is 1. The SMILES string of the molecule is O=C(O)C1CCCN1C(=O)COc1ccc(Br)cc1Cl. The van der Waals surface area contributed by atoms with Crippen LogP contribution in [0.15, 0.2) is 22.7 Å². The first-order chi connectivity index (χ1) is 9.49. The number of aliphatic carboxylic acids is 1. The van der Waals surface area contributed by atoms with Crippen LogP contribution in [0.4, 0.5) is 0 Å². The second-order valence-electron chi connectivity index (χ2n) is 4.45. The molecule has 20 heavy (non-hydrogen) atoms. The molecule has 1 aliphatic rings. The summed E-state index contributed by atoms with van der Waals surface area (Å²) in [5, 5.41) is 9.42. The highest BCUT2D eigenvalue weighted by atomic mass is 79.9. The minimum atomic E-state index is -0.975. The van der Waals surface area contributed by atoms with Crippen LogP contribution in [0, 0.1) is 0 Å². The second-order valence-corrected chi connectivity index (χ2v) is 5.77. The summed E-state index contributed by atoms with van der Waals surface area (Å²) in [6.07, 6.45) is 1.18. The average Bonchev–Trinajstić information content (AvgIpc) is 2.86. The Bertz CT molecular complexity index is 537. The van der Waals surface area contributed by atoms with Gasteiger partial charge in [-0.1, -0.05) is 27.5 Å². The van der Waals surface area contributed by atoms with E-state index in [1.165, 1.54) is 4.90 Å². The predicted molar refractivity (Wildman–Crippen MR) is 77.0 cm³/mol. The molecule has 1 heterocycles. The van der Waals surface area contributed by atoms with Gasteiger partial charge in [0, 0.05) is 11.0 Å². The standard InChI is InChI=1S/C13H13BrClNO4/c14-8-3-4-11(9(15)6-8)20-7-12(17)16-5-1-2-10(16)13(18)19/h3-4,6,10H,1-2,5,7H2,(H,18,19). The number of benzene rings is 1. The minimum absolute atomic E-state index is 0.217. The first-order valence-electron chi connectivity index (χ1n) is 6.09. The van der Waals surface area contributed by atoms with Gasteiger partial charge in [0.2, 0.25) is 0 Å². The lowest BCUT2D eigenvalue weighted by Gasteiger charge is -2.21. The van der Waals surface area contributed by atoms with Gasteiger partial charge in [0.25, 0.3) is 5.91 Å². The number of halogens is 2. The monoisotopic (exact) mass is 361 g/mol. The molecule has 0 bridgehead atoms. The Kier molecular flexibility index (Phi) is 4.88. The van der Waals surface area contributed by atoms with E-state index < -0.39 is 12.0 Å². The summed E-state index contributed by atoms with van der Waals surface area (Å²) in [5.41, 5.74) is 0. The molecule has 0 aromatic heterocycles. The maximum absolute atomic E-state index is 12.0. The molecule has 5 nitrogen and oxygen atoms in total. The van der Waals surface area contributed by atoms with Crippen LogP contribution in [0.5, 0.6) is 5.75 Å². The van der Waals surface area contributed by atoms with Gasteiger partial charge in [-0.25, -0.2) is 4.79 Å². The quantitative estimate of drug-likeness (QED) is 0.894. The Morgan fingerprint density at radius 3 is 2.90 bits per heavy atom. The van der Waals surface area contributed by atoms with Gasteiger partial charge in [-0.05, 0) is 31.0 Å². The van der Waals surface area contributed by atoms with Crippen molar-refractivity contribution in [2.24, 2.45) is 0 Å². The maximum Gasteiger partial charge on any atom is 0.326 e. The predicted octanol–water partition coefficient (Wildman–Crippen LogP) is 2.56. The number of carbonyl (C=O) groups is 2. The van der Waals surface area contributed by atoms with Gasteiger partial charge in [0.1, 0.15) is 11.8 Å². The largest absolute Gasteiger partial charge is 0.482 e. The summed E-state index contributed by atoms with van der Waals surface area (Å²) in [4.78, 5) is 24.4. The lowest BCUT2D eigenvalue weighted by molar-refractivity contribution is -0.148. The molecule has 1 atom stereocenters. The number of ether oxygens (including phenoxy) is 1.